The van der Waals surface area contributed by atoms with Crippen LogP contribution in [-0.4, -0.2) is 39.0 Å². The van der Waals surface area contributed by atoms with Gasteiger partial charge >= 0.3 is 0 Å². The molecule has 0 spiro atoms. The molecule has 0 aliphatic heterocycles. The normalized spacial score (nSPS) is 16.4. The minimum Gasteiger partial charge on any atom is -0.388 e. The lowest BCUT2D eigenvalue weighted by Gasteiger charge is -2.22. The van der Waals surface area contributed by atoms with Gasteiger partial charge in [0.25, 0.3) is 5.91 Å². The van der Waals surface area contributed by atoms with E-state index in [1.807, 2.05) is 35.2 Å². The zero-order valence-electron chi connectivity index (χ0n) is 13.2. The molecular weight excluding hydrogens is 310 g/mol. The summed E-state index contributed by atoms with van der Waals surface area (Å²) in [6, 6.07) is 7.43. The minimum atomic E-state index is -0.733. The van der Waals surface area contributed by atoms with Crippen LogP contribution in [0.3, 0.4) is 0 Å². The molecule has 122 valence electrons. The van der Waals surface area contributed by atoms with Crippen LogP contribution < -0.4 is 5.32 Å². The van der Waals surface area contributed by atoms with E-state index >= 15 is 0 Å². The molecular formula is C17H21N3O2S. The van der Waals surface area contributed by atoms with Crippen molar-refractivity contribution in [2.24, 2.45) is 0 Å². The third-order valence-electron chi connectivity index (χ3n) is 4.29. The first-order valence-corrected chi connectivity index (χ1v) is 9.02. The molecule has 2 N–H and O–H groups in total. The number of hydrogen-bond donors (Lipinski definition) is 2. The molecule has 6 heteroatoms. The Morgan fingerprint density at radius 2 is 2.22 bits per heavy atom. The van der Waals surface area contributed by atoms with Crippen molar-refractivity contribution in [2.45, 2.75) is 36.4 Å². The zero-order chi connectivity index (χ0) is 16.3. The number of carbonyl (C=O) groups excluding carboxylic acids is 1. The van der Waals surface area contributed by atoms with Gasteiger partial charge in [0, 0.05) is 30.2 Å². The summed E-state index contributed by atoms with van der Waals surface area (Å²) in [7, 11) is 0. The molecule has 5 nitrogen and oxygen atoms in total. The fourth-order valence-electron chi connectivity index (χ4n) is 2.99. The number of aromatic nitrogens is 2. The number of nitrogens with one attached hydrogen (secondary N) is 1. The molecule has 1 aromatic carbocycles. The van der Waals surface area contributed by atoms with Gasteiger partial charge in [-0.3, -0.25) is 9.36 Å². The van der Waals surface area contributed by atoms with Crippen molar-refractivity contribution >= 4 is 17.7 Å². The van der Waals surface area contributed by atoms with Crippen LogP contribution in [0.25, 0.3) is 5.69 Å². The molecule has 1 heterocycles. The Kier molecular flexibility index (Phi) is 4.73. The van der Waals surface area contributed by atoms with Crippen LogP contribution in [0.15, 0.2) is 41.8 Å². The summed E-state index contributed by atoms with van der Waals surface area (Å²) in [5.41, 5.74) is 0.757. The number of nitrogens with zero attached hydrogens (tertiary/aromatic N) is 2. The molecule has 1 amide bonds. The molecule has 1 aromatic heterocycles. The van der Waals surface area contributed by atoms with Crippen LogP contribution in [-0.2, 0) is 0 Å². The molecule has 23 heavy (non-hydrogen) atoms. The van der Waals surface area contributed by atoms with Crippen LogP contribution in [0.5, 0.6) is 0 Å². The second kappa shape index (κ2) is 6.76. The van der Waals surface area contributed by atoms with Crippen LogP contribution in [0.1, 0.15) is 36.0 Å². The second-order valence-corrected chi connectivity index (χ2v) is 6.72. The van der Waals surface area contributed by atoms with Gasteiger partial charge in [0.2, 0.25) is 0 Å². The van der Waals surface area contributed by atoms with Crippen LogP contribution in [0, 0.1) is 0 Å². The third-order valence-corrected chi connectivity index (χ3v) is 4.96. The van der Waals surface area contributed by atoms with Gasteiger partial charge in [-0.25, -0.2) is 4.98 Å². The maximum Gasteiger partial charge on any atom is 0.251 e. The molecule has 2 aromatic rings. The number of aliphatic hydroxyl groups is 1. The highest BCUT2D eigenvalue weighted by atomic mass is 32.2. The Bertz CT molecular complexity index is 693. The Morgan fingerprint density at radius 1 is 1.43 bits per heavy atom. The molecule has 0 atom stereocenters. The Morgan fingerprint density at radius 3 is 2.96 bits per heavy atom. The number of thioether (sulfide) groups is 1. The van der Waals surface area contributed by atoms with E-state index in [1.165, 1.54) is 0 Å². The minimum absolute atomic E-state index is 0.155. The largest absolute Gasteiger partial charge is 0.388 e. The lowest BCUT2D eigenvalue weighted by Crippen LogP contribution is -2.40. The fourth-order valence-corrected chi connectivity index (χ4v) is 3.52. The second-order valence-electron chi connectivity index (χ2n) is 5.95. The van der Waals surface area contributed by atoms with E-state index < -0.39 is 5.60 Å². The summed E-state index contributed by atoms with van der Waals surface area (Å²) in [5, 5.41) is 14.1. The predicted octanol–water partition coefficient (Wildman–Crippen LogP) is 2.63. The highest BCUT2D eigenvalue weighted by Gasteiger charge is 2.31. The molecule has 0 unspecified atom stereocenters. The van der Waals surface area contributed by atoms with Crippen LogP contribution in [0.4, 0.5) is 0 Å². The Labute approximate surface area is 140 Å². The van der Waals surface area contributed by atoms with Gasteiger partial charge in [-0.05, 0) is 37.3 Å². The van der Waals surface area contributed by atoms with E-state index in [2.05, 4.69) is 10.3 Å². The van der Waals surface area contributed by atoms with Crippen molar-refractivity contribution in [3.05, 3.63) is 42.2 Å². The van der Waals surface area contributed by atoms with Crippen molar-refractivity contribution < 1.29 is 9.90 Å². The maximum atomic E-state index is 12.4. The summed E-state index contributed by atoms with van der Waals surface area (Å²) in [5.74, 6) is -0.155. The van der Waals surface area contributed by atoms with Crippen molar-refractivity contribution in [1.82, 2.24) is 14.9 Å². The first-order valence-electron chi connectivity index (χ1n) is 7.80. The molecule has 0 bridgehead atoms. The lowest BCUT2D eigenvalue weighted by molar-refractivity contribution is 0.0449. The maximum absolute atomic E-state index is 12.4. The van der Waals surface area contributed by atoms with E-state index in [9.17, 15) is 9.90 Å². The number of amides is 1. The quantitative estimate of drug-likeness (QED) is 0.827. The number of rotatable bonds is 5. The first kappa shape index (κ1) is 16.1. The number of carbonyl (C=O) groups is 1. The van der Waals surface area contributed by atoms with E-state index in [4.69, 9.17) is 0 Å². The highest BCUT2D eigenvalue weighted by Crippen LogP contribution is 2.28. The summed E-state index contributed by atoms with van der Waals surface area (Å²) < 4.78 is 1.95. The van der Waals surface area contributed by atoms with Gasteiger partial charge < -0.3 is 10.4 Å². The molecule has 0 saturated heterocycles. The molecule has 1 aliphatic rings. The van der Waals surface area contributed by atoms with Crippen molar-refractivity contribution in [3.8, 4) is 5.69 Å². The van der Waals surface area contributed by atoms with Gasteiger partial charge in [0.15, 0.2) is 5.16 Å². The summed E-state index contributed by atoms with van der Waals surface area (Å²) in [4.78, 5) is 16.6. The van der Waals surface area contributed by atoms with Gasteiger partial charge in [-0.1, -0.05) is 30.7 Å². The first-order chi connectivity index (χ1) is 11.1. The number of hydrogen-bond acceptors (Lipinski definition) is 4. The van der Waals surface area contributed by atoms with Crippen LogP contribution in [0.2, 0.25) is 0 Å². The fraction of sp³-hybridized carbons (Fsp3) is 0.412. The lowest BCUT2D eigenvalue weighted by atomic mass is 10.0. The summed E-state index contributed by atoms with van der Waals surface area (Å²) >= 11 is 1.56. The van der Waals surface area contributed by atoms with Crippen molar-refractivity contribution in [3.63, 3.8) is 0 Å². The third kappa shape index (κ3) is 3.59. The van der Waals surface area contributed by atoms with E-state index in [0.29, 0.717) is 12.1 Å². The van der Waals surface area contributed by atoms with Crippen molar-refractivity contribution in [1.29, 1.82) is 0 Å². The van der Waals surface area contributed by atoms with Gasteiger partial charge in [-0.15, -0.1) is 0 Å². The smallest absolute Gasteiger partial charge is 0.251 e. The SMILES string of the molecule is CSc1nccn1-c1cccc(C(=O)NCC2(O)CCCC2)c1. The zero-order valence-corrected chi connectivity index (χ0v) is 14.0. The molecule has 1 aliphatic carbocycles. The number of imidazole rings is 1. The molecule has 0 radical (unpaired) electrons. The summed E-state index contributed by atoms with van der Waals surface area (Å²) in [6.07, 6.45) is 9.18. The standard InChI is InChI=1S/C17H21N3O2S/c1-23-16-18-9-10-20(16)14-6-4-5-13(11-14)15(21)19-12-17(22)7-2-3-8-17/h4-6,9-11,22H,2-3,7-8,12H2,1H3,(H,19,21). The monoisotopic (exact) mass is 331 g/mol. The Hall–Kier alpha value is -1.79. The average Bonchev–Trinajstić information content (AvgIpc) is 3.22. The molecule has 3 rings (SSSR count). The number of benzene rings is 1. The van der Waals surface area contributed by atoms with Gasteiger partial charge in [0.05, 0.1) is 5.60 Å². The van der Waals surface area contributed by atoms with E-state index in [1.54, 1.807) is 24.0 Å². The Balaban J connectivity index is 1.73. The molecule has 1 saturated carbocycles. The van der Waals surface area contributed by atoms with Crippen molar-refractivity contribution in [2.75, 3.05) is 12.8 Å². The summed E-state index contributed by atoms with van der Waals surface area (Å²) in [6.45, 7) is 0.317. The predicted molar refractivity (Wildman–Crippen MR) is 91.1 cm³/mol. The highest BCUT2D eigenvalue weighted by molar-refractivity contribution is 7.98. The average molecular weight is 331 g/mol. The topological polar surface area (TPSA) is 67.2 Å². The van der Waals surface area contributed by atoms with Gasteiger partial charge in [-0.2, -0.15) is 0 Å². The van der Waals surface area contributed by atoms with Crippen LogP contribution >= 0.6 is 11.8 Å². The van der Waals surface area contributed by atoms with Gasteiger partial charge in [0.1, 0.15) is 0 Å². The van der Waals surface area contributed by atoms with E-state index in [-0.39, 0.29) is 5.91 Å². The molecule has 1 fully saturated rings. The van der Waals surface area contributed by atoms with E-state index in [0.717, 1.165) is 36.5 Å².